The summed E-state index contributed by atoms with van der Waals surface area (Å²) in [7, 11) is 1.46. The lowest BCUT2D eigenvalue weighted by molar-refractivity contribution is -0.147. The van der Waals surface area contributed by atoms with E-state index in [-0.39, 0.29) is 11.4 Å². The third-order valence-electron chi connectivity index (χ3n) is 4.60. The zero-order chi connectivity index (χ0) is 16.9. The highest BCUT2D eigenvalue weighted by molar-refractivity contribution is 5.85. The molecule has 2 nitrogen and oxygen atoms in total. The highest BCUT2D eigenvalue weighted by Gasteiger charge is 2.71. The minimum absolute atomic E-state index is 0.134. The van der Waals surface area contributed by atoms with Crippen LogP contribution in [0.15, 0.2) is 60.7 Å². The molecule has 0 radical (unpaired) electrons. The Morgan fingerprint density at radius 1 is 0.957 bits per heavy atom. The molecule has 3 rings (SSSR count). The smallest absolute Gasteiger partial charge is 0.312 e. The van der Waals surface area contributed by atoms with Gasteiger partial charge in [0.2, 0.25) is 0 Å². The summed E-state index contributed by atoms with van der Waals surface area (Å²) in [6.45, 7) is 6.25. The summed E-state index contributed by atoms with van der Waals surface area (Å²) in [4.78, 5) is 12.2. The van der Waals surface area contributed by atoms with Crippen molar-refractivity contribution in [3.63, 3.8) is 0 Å². The van der Waals surface area contributed by atoms with Crippen molar-refractivity contribution in [3.05, 3.63) is 71.8 Å². The number of carbonyl (C=O) groups is 1. The van der Waals surface area contributed by atoms with E-state index in [4.69, 9.17) is 4.74 Å². The maximum Gasteiger partial charge on any atom is 0.312 e. The first-order chi connectivity index (χ1) is 11.1. The van der Waals surface area contributed by atoms with Crippen LogP contribution in [0.3, 0.4) is 0 Å². The predicted octanol–water partition coefficient (Wildman–Crippen LogP) is 4.97. The maximum atomic E-state index is 12.2. The fourth-order valence-corrected chi connectivity index (χ4v) is 3.41. The van der Waals surface area contributed by atoms with Crippen molar-refractivity contribution in [1.82, 2.24) is 0 Å². The molecule has 122 valence electrons. The van der Waals surface area contributed by atoms with Gasteiger partial charge >= 0.3 is 5.97 Å². The third kappa shape index (κ3) is 2.90. The van der Waals surface area contributed by atoms with E-state index in [1.165, 1.54) is 24.7 Å². The van der Waals surface area contributed by atoms with Gasteiger partial charge in [0.1, 0.15) is 0 Å². The molecule has 1 aliphatic carbocycles. The van der Waals surface area contributed by atoms with Gasteiger partial charge in [0.25, 0.3) is 0 Å². The molecule has 1 fully saturated rings. The van der Waals surface area contributed by atoms with Crippen molar-refractivity contribution in [2.45, 2.75) is 39.0 Å². The Hall–Kier alpha value is -2.09. The lowest BCUT2D eigenvalue weighted by Crippen LogP contribution is -2.26. The van der Waals surface area contributed by atoms with Crippen molar-refractivity contribution < 1.29 is 9.53 Å². The fraction of sp³-hybridized carbons (Fsp3) is 0.381. The topological polar surface area (TPSA) is 26.3 Å². The van der Waals surface area contributed by atoms with Gasteiger partial charge in [0, 0.05) is 5.41 Å². The molecule has 1 atom stereocenters. The summed E-state index contributed by atoms with van der Waals surface area (Å²) in [6, 6.07) is 20.5. The summed E-state index contributed by atoms with van der Waals surface area (Å²) >= 11 is 0. The SMILES string of the molecule is CCC.COC(=O)C1(C)CC1(c1ccccc1)c1ccccc1. The lowest BCUT2D eigenvalue weighted by atomic mass is 9.81. The van der Waals surface area contributed by atoms with Crippen LogP contribution in [-0.2, 0) is 14.9 Å². The van der Waals surface area contributed by atoms with Gasteiger partial charge < -0.3 is 4.74 Å². The highest BCUT2D eigenvalue weighted by atomic mass is 16.5. The van der Waals surface area contributed by atoms with Crippen LogP contribution in [-0.4, -0.2) is 13.1 Å². The standard InChI is InChI=1S/C18H18O2.C3H8/c1-17(16(19)20-2)13-18(17,14-9-5-3-6-10-14)15-11-7-4-8-12-15;1-3-2/h3-12H,13H2,1-2H3;3H2,1-2H3. The molecule has 0 N–H and O–H groups in total. The van der Waals surface area contributed by atoms with Crippen molar-refractivity contribution in [3.8, 4) is 0 Å². The van der Waals surface area contributed by atoms with Gasteiger partial charge in [0.15, 0.2) is 0 Å². The molecule has 0 aliphatic heterocycles. The van der Waals surface area contributed by atoms with Crippen LogP contribution in [0.25, 0.3) is 0 Å². The average Bonchev–Trinajstić information content (AvgIpc) is 3.25. The molecule has 0 bridgehead atoms. The largest absolute Gasteiger partial charge is 0.469 e. The maximum absolute atomic E-state index is 12.2. The van der Waals surface area contributed by atoms with Crippen LogP contribution in [0.4, 0.5) is 0 Å². The normalized spacial score (nSPS) is 20.9. The summed E-state index contributed by atoms with van der Waals surface area (Å²) in [5, 5.41) is 0. The van der Waals surface area contributed by atoms with E-state index < -0.39 is 5.41 Å². The van der Waals surface area contributed by atoms with Crippen molar-refractivity contribution in [2.24, 2.45) is 5.41 Å². The second-order valence-corrected chi connectivity index (χ2v) is 6.34. The number of rotatable bonds is 3. The first-order valence-corrected chi connectivity index (χ1v) is 8.26. The van der Waals surface area contributed by atoms with Crippen LogP contribution >= 0.6 is 0 Å². The van der Waals surface area contributed by atoms with Gasteiger partial charge in [-0.1, -0.05) is 80.9 Å². The van der Waals surface area contributed by atoms with E-state index >= 15 is 0 Å². The second kappa shape index (κ2) is 6.99. The number of hydrogen-bond acceptors (Lipinski definition) is 2. The molecule has 1 saturated carbocycles. The van der Waals surface area contributed by atoms with E-state index in [1.807, 2.05) is 43.3 Å². The number of carbonyl (C=O) groups excluding carboxylic acids is 1. The van der Waals surface area contributed by atoms with Crippen molar-refractivity contribution in [2.75, 3.05) is 7.11 Å². The quantitative estimate of drug-likeness (QED) is 0.748. The van der Waals surface area contributed by atoms with E-state index in [1.54, 1.807) is 0 Å². The summed E-state index contributed by atoms with van der Waals surface area (Å²) in [5.41, 5.74) is 1.62. The lowest BCUT2D eigenvalue weighted by Gasteiger charge is -2.22. The second-order valence-electron chi connectivity index (χ2n) is 6.34. The highest BCUT2D eigenvalue weighted by Crippen LogP contribution is 2.68. The van der Waals surface area contributed by atoms with Crippen LogP contribution in [0, 0.1) is 5.41 Å². The first kappa shape index (κ1) is 17.3. The molecule has 0 spiro atoms. The minimum Gasteiger partial charge on any atom is -0.469 e. The minimum atomic E-state index is -0.482. The van der Waals surface area contributed by atoms with Crippen LogP contribution < -0.4 is 0 Å². The van der Waals surface area contributed by atoms with E-state index in [9.17, 15) is 4.79 Å². The Morgan fingerprint density at radius 2 is 1.35 bits per heavy atom. The summed E-state index contributed by atoms with van der Waals surface area (Å²) in [6.07, 6.45) is 2.04. The fourth-order valence-electron chi connectivity index (χ4n) is 3.41. The third-order valence-corrected chi connectivity index (χ3v) is 4.60. The molecular weight excluding hydrogens is 284 g/mol. The van der Waals surface area contributed by atoms with Crippen molar-refractivity contribution in [1.29, 1.82) is 0 Å². The Morgan fingerprint density at radius 3 is 1.70 bits per heavy atom. The zero-order valence-corrected chi connectivity index (χ0v) is 14.5. The van der Waals surface area contributed by atoms with Gasteiger partial charge in [-0.05, 0) is 24.5 Å². The van der Waals surface area contributed by atoms with E-state index in [0.717, 1.165) is 6.42 Å². The monoisotopic (exact) mass is 310 g/mol. The molecular formula is C21H26O2. The molecule has 0 aromatic heterocycles. The Labute approximate surface area is 139 Å². The summed E-state index contributed by atoms with van der Waals surface area (Å²) in [5.74, 6) is -0.134. The molecule has 1 aliphatic rings. The molecule has 2 aromatic rings. The van der Waals surface area contributed by atoms with Gasteiger partial charge in [-0.3, -0.25) is 4.79 Å². The molecule has 2 heteroatoms. The Balaban J connectivity index is 0.000000595. The number of benzene rings is 2. The average molecular weight is 310 g/mol. The van der Waals surface area contributed by atoms with Crippen LogP contribution in [0.5, 0.6) is 0 Å². The van der Waals surface area contributed by atoms with Gasteiger partial charge in [0.05, 0.1) is 12.5 Å². The number of ether oxygens (including phenoxy) is 1. The molecule has 23 heavy (non-hydrogen) atoms. The van der Waals surface area contributed by atoms with Gasteiger partial charge in [-0.15, -0.1) is 0 Å². The Kier molecular flexibility index (Phi) is 5.25. The van der Waals surface area contributed by atoms with Gasteiger partial charge in [-0.25, -0.2) is 0 Å². The summed E-state index contributed by atoms with van der Waals surface area (Å²) < 4.78 is 5.04. The number of methoxy groups -OCH3 is 1. The molecule has 0 saturated heterocycles. The predicted molar refractivity (Wildman–Crippen MR) is 94.4 cm³/mol. The molecule has 0 heterocycles. The first-order valence-electron chi connectivity index (χ1n) is 8.26. The van der Waals surface area contributed by atoms with Crippen LogP contribution in [0.1, 0.15) is 44.7 Å². The molecule has 2 aromatic carbocycles. The van der Waals surface area contributed by atoms with Gasteiger partial charge in [-0.2, -0.15) is 0 Å². The Bertz CT molecular complexity index is 594. The van der Waals surface area contributed by atoms with E-state index in [2.05, 4.69) is 38.1 Å². The van der Waals surface area contributed by atoms with E-state index in [0.29, 0.717) is 0 Å². The van der Waals surface area contributed by atoms with Crippen molar-refractivity contribution >= 4 is 5.97 Å². The number of hydrogen-bond donors (Lipinski definition) is 0. The zero-order valence-electron chi connectivity index (χ0n) is 14.5. The molecule has 1 unspecified atom stereocenters. The molecule has 0 amide bonds. The number of esters is 1. The van der Waals surface area contributed by atoms with Crippen LogP contribution in [0.2, 0.25) is 0 Å².